The first-order valence-electron chi connectivity index (χ1n) is 10.6. The number of nitro benzene ring substituents is 1. The van der Waals surface area contributed by atoms with Gasteiger partial charge in [0, 0.05) is 37.9 Å². The summed E-state index contributed by atoms with van der Waals surface area (Å²) >= 11 is 0. The Balaban J connectivity index is 1.49. The Kier molecular flexibility index (Phi) is 7.55. The van der Waals surface area contributed by atoms with Gasteiger partial charge in [-0.25, -0.2) is 0 Å². The molecule has 0 bridgehead atoms. The van der Waals surface area contributed by atoms with E-state index in [1.54, 1.807) is 19.1 Å². The summed E-state index contributed by atoms with van der Waals surface area (Å²) in [4.78, 5) is 39.8. The maximum atomic E-state index is 12.7. The minimum absolute atomic E-state index is 0.0608. The van der Waals surface area contributed by atoms with Gasteiger partial charge < -0.3 is 10.6 Å². The van der Waals surface area contributed by atoms with Crippen LogP contribution in [0.5, 0.6) is 0 Å². The molecular formula is C23H29N5O4. The second-order valence-electron chi connectivity index (χ2n) is 8.05. The van der Waals surface area contributed by atoms with Gasteiger partial charge in [-0.2, -0.15) is 0 Å². The molecule has 0 aromatic heterocycles. The summed E-state index contributed by atoms with van der Waals surface area (Å²) < 4.78 is 0. The van der Waals surface area contributed by atoms with Crippen molar-refractivity contribution in [1.29, 1.82) is 0 Å². The van der Waals surface area contributed by atoms with Crippen molar-refractivity contribution >= 4 is 28.9 Å². The van der Waals surface area contributed by atoms with E-state index in [4.69, 9.17) is 0 Å². The molecule has 0 aliphatic carbocycles. The first-order chi connectivity index (χ1) is 15.3. The molecule has 9 nitrogen and oxygen atoms in total. The number of amides is 2. The molecule has 1 fully saturated rings. The van der Waals surface area contributed by atoms with Crippen molar-refractivity contribution in [2.24, 2.45) is 0 Å². The predicted molar refractivity (Wildman–Crippen MR) is 124 cm³/mol. The highest BCUT2D eigenvalue weighted by Gasteiger charge is 2.27. The normalized spacial score (nSPS) is 15.7. The minimum Gasteiger partial charge on any atom is -0.325 e. The van der Waals surface area contributed by atoms with E-state index in [0.29, 0.717) is 26.2 Å². The quantitative estimate of drug-likeness (QED) is 0.507. The summed E-state index contributed by atoms with van der Waals surface area (Å²) in [7, 11) is 0. The van der Waals surface area contributed by atoms with E-state index in [1.807, 2.05) is 36.9 Å². The fourth-order valence-electron chi connectivity index (χ4n) is 3.73. The number of rotatable bonds is 7. The van der Waals surface area contributed by atoms with Crippen molar-refractivity contribution in [1.82, 2.24) is 9.80 Å². The van der Waals surface area contributed by atoms with Crippen LogP contribution in [-0.4, -0.2) is 65.3 Å². The summed E-state index contributed by atoms with van der Waals surface area (Å²) in [6.45, 7) is 8.64. The summed E-state index contributed by atoms with van der Waals surface area (Å²) in [5.41, 5.74) is 3.08. The molecule has 3 rings (SSSR count). The van der Waals surface area contributed by atoms with Crippen LogP contribution in [-0.2, 0) is 9.59 Å². The van der Waals surface area contributed by atoms with E-state index in [0.717, 1.165) is 16.8 Å². The molecule has 2 aromatic carbocycles. The van der Waals surface area contributed by atoms with Gasteiger partial charge in [-0.15, -0.1) is 0 Å². The molecule has 1 aliphatic heterocycles. The third-order valence-electron chi connectivity index (χ3n) is 5.94. The van der Waals surface area contributed by atoms with E-state index < -0.39 is 11.0 Å². The Morgan fingerprint density at radius 1 is 1.00 bits per heavy atom. The average Bonchev–Trinajstić information content (AvgIpc) is 2.77. The van der Waals surface area contributed by atoms with E-state index in [2.05, 4.69) is 15.5 Å². The number of hydrogen-bond donors (Lipinski definition) is 2. The zero-order valence-corrected chi connectivity index (χ0v) is 18.6. The van der Waals surface area contributed by atoms with Crippen LogP contribution < -0.4 is 10.6 Å². The SMILES string of the molecule is Cc1cccc(NC(=O)CN2CCN(C(C)C(=O)Nc3ccccc3[N+](=O)[O-])CC2)c1C. The largest absolute Gasteiger partial charge is 0.325 e. The second-order valence-corrected chi connectivity index (χ2v) is 8.05. The molecule has 1 atom stereocenters. The van der Waals surface area contributed by atoms with E-state index >= 15 is 0 Å². The highest BCUT2D eigenvalue weighted by Crippen LogP contribution is 2.24. The van der Waals surface area contributed by atoms with Crippen molar-refractivity contribution in [3.8, 4) is 0 Å². The number of para-hydroxylation sites is 2. The first-order valence-corrected chi connectivity index (χ1v) is 10.6. The molecule has 2 N–H and O–H groups in total. The van der Waals surface area contributed by atoms with Crippen LogP contribution >= 0.6 is 0 Å². The van der Waals surface area contributed by atoms with Gasteiger partial charge in [-0.05, 0) is 44.0 Å². The van der Waals surface area contributed by atoms with Crippen LogP contribution in [0.1, 0.15) is 18.1 Å². The molecule has 170 valence electrons. The lowest BCUT2D eigenvalue weighted by Gasteiger charge is -2.37. The van der Waals surface area contributed by atoms with Crippen LogP contribution in [0, 0.1) is 24.0 Å². The number of benzene rings is 2. The number of nitro groups is 1. The molecule has 9 heteroatoms. The molecule has 0 spiro atoms. The van der Waals surface area contributed by atoms with Crippen LogP contribution in [0.25, 0.3) is 0 Å². The Hall–Kier alpha value is -3.30. The number of anilines is 2. The number of piperazine rings is 1. The molecule has 0 radical (unpaired) electrons. The summed E-state index contributed by atoms with van der Waals surface area (Å²) in [5.74, 6) is -0.352. The van der Waals surface area contributed by atoms with E-state index in [1.165, 1.54) is 12.1 Å². The van der Waals surface area contributed by atoms with Gasteiger partial charge in [-0.1, -0.05) is 24.3 Å². The topological polar surface area (TPSA) is 108 Å². The van der Waals surface area contributed by atoms with Gasteiger partial charge in [0.25, 0.3) is 5.69 Å². The third kappa shape index (κ3) is 5.68. The second kappa shape index (κ2) is 10.3. The standard InChI is InChI=1S/C23H29N5O4/c1-16-7-6-9-19(17(16)2)24-22(29)15-26-11-13-27(14-12-26)18(3)23(30)25-20-8-4-5-10-21(20)28(31)32/h4-10,18H,11-15H2,1-3H3,(H,24,29)(H,25,30). The summed E-state index contributed by atoms with van der Waals surface area (Å²) in [6, 6.07) is 11.5. The number of aryl methyl sites for hydroxylation is 1. The minimum atomic E-state index is -0.512. The molecule has 1 heterocycles. The fraction of sp³-hybridized carbons (Fsp3) is 0.391. The number of nitrogens with one attached hydrogen (secondary N) is 2. The molecule has 1 aliphatic rings. The van der Waals surface area contributed by atoms with Gasteiger partial charge in [0.1, 0.15) is 5.69 Å². The molecule has 0 saturated carbocycles. The summed E-state index contributed by atoms with van der Waals surface area (Å²) in [6.07, 6.45) is 0. The number of hydrogen-bond acceptors (Lipinski definition) is 6. The highest BCUT2D eigenvalue weighted by atomic mass is 16.6. The van der Waals surface area contributed by atoms with Gasteiger partial charge in [0.2, 0.25) is 11.8 Å². The number of carbonyl (C=O) groups excluding carboxylic acids is 2. The van der Waals surface area contributed by atoms with Crippen LogP contribution in [0.4, 0.5) is 17.1 Å². The van der Waals surface area contributed by atoms with Gasteiger partial charge >= 0.3 is 0 Å². The third-order valence-corrected chi connectivity index (χ3v) is 5.94. The fourth-order valence-corrected chi connectivity index (χ4v) is 3.73. The van der Waals surface area contributed by atoms with Crippen LogP contribution in [0.2, 0.25) is 0 Å². The molecule has 1 unspecified atom stereocenters. The maximum absolute atomic E-state index is 12.7. The van der Waals surface area contributed by atoms with Gasteiger partial charge in [0.15, 0.2) is 0 Å². The Morgan fingerprint density at radius 3 is 2.34 bits per heavy atom. The lowest BCUT2D eigenvalue weighted by atomic mass is 10.1. The van der Waals surface area contributed by atoms with Crippen LogP contribution in [0.15, 0.2) is 42.5 Å². The molecule has 2 amide bonds. The molecular weight excluding hydrogens is 410 g/mol. The van der Waals surface area contributed by atoms with Gasteiger partial charge in [0.05, 0.1) is 17.5 Å². The Bertz CT molecular complexity index is 1000. The van der Waals surface area contributed by atoms with E-state index in [-0.39, 0.29) is 29.7 Å². The van der Waals surface area contributed by atoms with Crippen molar-refractivity contribution < 1.29 is 14.5 Å². The molecule has 2 aromatic rings. The van der Waals surface area contributed by atoms with E-state index in [9.17, 15) is 19.7 Å². The molecule has 32 heavy (non-hydrogen) atoms. The average molecular weight is 440 g/mol. The predicted octanol–water partition coefficient (Wildman–Crippen LogP) is 2.79. The highest BCUT2D eigenvalue weighted by molar-refractivity contribution is 5.96. The molecule has 1 saturated heterocycles. The van der Waals surface area contributed by atoms with Crippen molar-refractivity contribution in [3.63, 3.8) is 0 Å². The van der Waals surface area contributed by atoms with Gasteiger partial charge in [-0.3, -0.25) is 29.5 Å². The number of nitrogens with zero attached hydrogens (tertiary/aromatic N) is 3. The number of carbonyl (C=O) groups is 2. The van der Waals surface area contributed by atoms with Crippen LogP contribution in [0.3, 0.4) is 0 Å². The lowest BCUT2D eigenvalue weighted by molar-refractivity contribution is -0.383. The Morgan fingerprint density at radius 2 is 1.66 bits per heavy atom. The monoisotopic (exact) mass is 439 g/mol. The zero-order chi connectivity index (χ0) is 23.3. The van der Waals surface area contributed by atoms with Crippen molar-refractivity contribution in [2.75, 3.05) is 43.4 Å². The Labute approximate surface area is 187 Å². The van der Waals surface area contributed by atoms with Crippen molar-refractivity contribution in [2.45, 2.75) is 26.8 Å². The zero-order valence-electron chi connectivity index (χ0n) is 18.6. The lowest BCUT2D eigenvalue weighted by Crippen LogP contribution is -2.53. The smallest absolute Gasteiger partial charge is 0.292 e. The van der Waals surface area contributed by atoms with Crippen molar-refractivity contribution in [3.05, 3.63) is 63.7 Å². The summed E-state index contributed by atoms with van der Waals surface area (Å²) in [5, 5.41) is 16.8. The maximum Gasteiger partial charge on any atom is 0.292 e. The first kappa shape index (κ1) is 23.4.